The van der Waals surface area contributed by atoms with E-state index in [-0.39, 0.29) is 12.5 Å². The van der Waals surface area contributed by atoms with E-state index < -0.39 is 12.1 Å². The molecule has 2 aromatic rings. The highest BCUT2D eigenvalue weighted by Crippen LogP contribution is 2.15. The van der Waals surface area contributed by atoms with Gasteiger partial charge in [0, 0.05) is 12.2 Å². The Morgan fingerprint density at radius 3 is 2.36 bits per heavy atom. The highest BCUT2D eigenvalue weighted by Gasteiger charge is 2.17. The zero-order chi connectivity index (χ0) is 19.8. The zero-order valence-electron chi connectivity index (χ0n) is 16.2. The summed E-state index contributed by atoms with van der Waals surface area (Å²) in [4.78, 5) is 26.6. The second-order valence-corrected chi connectivity index (χ2v) is 7.10. The van der Waals surface area contributed by atoms with E-state index >= 15 is 0 Å². The van der Waals surface area contributed by atoms with Gasteiger partial charge in [0.05, 0.1) is 0 Å². The summed E-state index contributed by atoms with van der Waals surface area (Å²) in [6, 6.07) is 16.5. The van der Waals surface area contributed by atoms with Crippen molar-refractivity contribution in [3.05, 3.63) is 65.7 Å². The van der Waals surface area contributed by atoms with Gasteiger partial charge in [0.1, 0.15) is 12.6 Å². The first-order chi connectivity index (χ1) is 13.6. The molecule has 6 nitrogen and oxygen atoms in total. The van der Waals surface area contributed by atoms with Crippen LogP contribution in [0.3, 0.4) is 0 Å². The number of rotatable bonds is 7. The smallest absolute Gasteiger partial charge is 0.408 e. The predicted octanol–water partition coefficient (Wildman–Crippen LogP) is 3.54. The van der Waals surface area contributed by atoms with Gasteiger partial charge in [-0.3, -0.25) is 9.69 Å². The van der Waals surface area contributed by atoms with Gasteiger partial charge in [-0.25, -0.2) is 4.79 Å². The second kappa shape index (κ2) is 9.90. The topological polar surface area (TPSA) is 70.7 Å². The number of anilines is 1. The molecule has 0 bridgehead atoms. The minimum atomic E-state index is -0.701. The minimum Gasteiger partial charge on any atom is -0.445 e. The molecule has 1 fully saturated rings. The van der Waals surface area contributed by atoms with Crippen LogP contribution < -0.4 is 10.6 Å². The number of carbonyl (C=O) groups excluding carboxylic acids is 2. The minimum absolute atomic E-state index is 0.166. The van der Waals surface area contributed by atoms with Crippen LogP contribution >= 0.6 is 0 Å². The number of hydrogen-bond donors (Lipinski definition) is 2. The second-order valence-electron chi connectivity index (χ2n) is 7.10. The van der Waals surface area contributed by atoms with Crippen molar-refractivity contribution in [1.82, 2.24) is 10.2 Å². The van der Waals surface area contributed by atoms with E-state index in [9.17, 15) is 9.59 Å². The Morgan fingerprint density at radius 2 is 1.68 bits per heavy atom. The third kappa shape index (κ3) is 6.09. The highest BCUT2D eigenvalue weighted by molar-refractivity contribution is 5.96. The Morgan fingerprint density at radius 1 is 1.00 bits per heavy atom. The molecule has 2 amide bonds. The Balaban J connectivity index is 1.42. The van der Waals surface area contributed by atoms with Crippen molar-refractivity contribution in [1.29, 1.82) is 0 Å². The number of hydrogen-bond acceptors (Lipinski definition) is 4. The summed E-state index contributed by atoms with van der Waals surface area (Å²) in [7, 11) is 0. The lowest BCUT2D eigenvalue weighted by molar-refractivity contribution is -0.117. The van der Waals surface area contributed by atoms with Crippen molar-refractivity contribution < 1.29 is 14.3 Å². The summed E-state index contributed by atoms with van der Waals surface area (Å²) >= 11 is 0. The molecule has 1 saturated heterocycles. The molecule has 28 heavy (non-hydrogen) atoms. The largest absolute Gasteiger partial charge is 0.445 e. The van der Waals surface area contributed by atoms with Crippen molar-refractivity contribution >= 4 is 17.7 Å². The van der Waals surface area contributed by atoms with Crippen molar-refractivity contribution in [2.24, 2.45) is 0 Å². The lowest BCUT2D eigenvalue weighted by Crippen LogP contribution is -2.41. The van der Waals surface area contributed by atoms with Gasteiger partial charge in [-0.15, -0.1) is 0 Å². The maximum Gasteiger partial charge on any atom is 0.408 e. The average molecular weight is 381 g/mol. The normalized spacial score (nSPS) is 15.0. The molecular weight excluding hydrogens is 354 g/mol. The van der Waals surface area contributed by atoms with Gasteiger partial charge >= 0.3 is 6.09 Å². The van der Waals surface area contributed by atoms with E-state index in [0.717, 1.165) is 25.2 Å². The number of nitrogens with zero attached hydrogens (tertiary/aromatic N) is 1. The van der Waals surface area contributed by atoms with Gasteiger partial charge in [0.15, 0.2) is 0 Å². The Bertz CT molecular complexity index is 771. The maximum atomic E-state index is 12.3. The van der Waals surface area contributed by atoms with E-state index in [1.54, 1.807) is 6.92 Å². The highest BCUT2D eigenvalue weighted by atomic mass is 16.5. The number of ether oxygens (including phenoxy) is 1. The summed E-state index contributed by atoms with van der Waals surface area (Å²) < 4.78 is 5.14. The van der Waals surface area contributed by atoms with E-state index in [0.29, 0.717) is 5.69 Å². The van der Waals surface area contributed by atoms with Gasteiger partial charge < -0.3 is 15.4 Å². The maximum absolute atomic E-state index is 12.3. The van der Waals surface area contributed by atoms with Crippen molar-refractivity contribution in [2.75, 3.05) is 18.4 Å². The number of nitrogens with one attached hydrogen (secondary N) is 2. The van der Waals surface area contributed by atoms with Gasteiger partial charge in [0.2, 0.25) is 5.91 Å². The van der Waals surface area contributed by atoms with Crippen LogP contribution in [0.2, 0.25) is 0 Å². The predicted molar refractivity (Wildman–Crippen MR) is 109 cm³/mol. The fraction of sp³-hybridized carbons (Fsp3) is 0.364. The lowest BCUT2D eigenvalue weighted by atomic mass is 10.2. The Hall–Kier alpha value is -2.86. The monoisotopic (exact) mass is 381 g/mol. The van der Waals surface area contributed by atoms with Crippen LogP contribution in [0.25, 0.3) is 0 Å². The molecule has 2 N–H and O–H groups in total. The first-order valence-electron chi connectivity index (χ1n) is 9.69. The fourth-order valence-corrected chi connectivity index (χ4v) is 3.15. The molecule has 148 valence electrons. The van der Waals surface area contributed by atoms with Crippen LogP contribution in [0.15, 0.2) is 54.6 Å². The van der Waals surface area contributed by atoms with Gasteiger partial charge in [-0.1, -0.05) is 42.5 Å². The number of benzene rings is 2. The molecule has 0 aromatic heterocycles. The molecule has 0 saturated carbocycles. The van der Waals surface area contributed by atoms with Gasteiger partial charge in [0.25, 0.3) is 0 Å². The van der Waals surface area contributed by atoms with Crippen LogP contribution in [0.5, 0.6) is 0 Å². The summed E-state index contributed by atoms with van der Waals surface area (Å²) in [5.41, 5.74) is 2.83. The molecule has 0 radical (unpaired) electrons. The van der Waals surface area contributed by atoms with Gasteiger partial charge in [-0.2, -0.15) is 0 Å². The molecule has 0 aliphatic carbocycles. The first-order valence-corrected chi connectivity index (χ1v) is 9.69. The SMILES string of the molecule is C[C@@H](NC(=O)OCc1ccccc1)C(=O)Nc1ccc(CN2CCCC2)cc1. The number of carbonyl (C=O) groups is 2. The van der Waals surface area contributed by atoms with Crippen molar-refractivity contribution in [3.63, 3.8) is 0 Å². The lowest BCUT2D eigenvalue weighted by Gasteiger charge is -2.16. The average Bonchev–Trinajstić information content (AvgIpc) is 3.21. The third-order valence-electron chi connectivity index (χ3n) is 4.77. The van der Waals surface area contributed by atoms with Crippen molar-refractivity contribution in [3.8, 4) is 0 Å². The Kier molecular flexibility index (Phi) is 7.03. The first kappa shape index (κ1) is 19.9. The molecule has 0 spiro atoms. The molecule has 3 rings (SSSR count). The molecule has 1 aliphatic rings. The van der Waals surface area contributed by atoms with Gasteiger partial charge in [-0.05, 0) is 56.1 Å². The van der Waals surface area contributed by atoms with Crippen molar-refractivity contribution in [2.45, 2.75) is 39.0 Å². The standard InChI is InChI=1S/C22H27N3O3/c1-17(23-22(27)28-16-19-7-3-2-4-8-19)21(26)24-20-11-9-18(10-12-20)15-25-13-5-6-14-25/h2-4,7-12,17H,5-6,13-16H2,1H3,(H,23,27)(H,24,26)/t17-/m1/s1. The fourth-order valence-electron chi connectivity index (χ4n) is 3.15. The van der Waals surface area contributed by atoms with E-state index in [1.807, 2.05) is 54.6 Å². The molecule has 1 aliphatic heterocycles. The molecule has 0 unspecified atom stereocenters. The zero-order valence-corrected chi connectivity index (χ0v) is 16.2. The number of alkyl carbamates (subject to hydrolysis) is 1. The summed E-state index contributed by atoms with van der Waals surface area (Å²) in [5.74, 6) is -0.288. The molecule has 1 heterocycles. The summed E-state index contributed by atoms with van der Waals surface area (Å²) in [5, 5.41) is 5.37. The molecule has 2 aromatic carbocycles. The molecule has 1 atom stereocenters. The van der Waals surface area contributed by atoms with E-state index in [4.69, 9.17) is 4.74 Å². The third-order valence-corrected chi connectivity index (χ3v) is 4.77. The number of amides is 2. The quantitative estimate of drug-likeness (QED) is 0.770. The van der Waals surface area contributed by atoms with E-state index in [2.05, 4.69) is 15.5 Å². The van der Waals surface area contributed by atoms with Crippen LogP contribution in [-0.4, -0.2) is 36.0 Å². The van der Waals surface area contributed by atoms with Crippen LogP contribution in [0.1, 0.15) is 30.9 Å². The number of likely N-dealkylation sites (tertiary alicyclic amines) is 1. The Labute approximate surface area is 165 Å². The van der Waals surface area contributed by atoms with Crippen LogP contribution in [0, 0.1) is 0 Å². The summed E-state index contributed by atoms with van der Waals surface area (Å²) in [6.45, 7) is 5.05. The summed E-state index contributed by atoms with van der Waals surface area (Å²) in [6.07, 6.45) is 1.92. The molecular formula is C22H27N3O3. The van der Waals surface area contributed by atoms with E-state index in [1.165, 1.54) is 18.4 Å². The van der Waals surface area contributed by atoms with Crippen LogP contribution in [-0.2, 0) is 22.7 Å². The molecule has 6 heteroatoms. The van der Waals surface area contributed by atoms with Crippen LogP contribution in [0.4, 0.5) is 10.5 Å².